The highest BCUT2D eigenvalue weighted by Gasteiger charge is 2.29. The smallest absolute Gasteiger partial charge is 0.247 e. The van der Waals surface area contributed by atoms with E-state index in [1.165, 1.54) is 0 Å². The number of aromatic nitrogens is 2. The highest BCUT2D eigenvalue weighted by molar-refractivity contribution is 6.04. The summed E-state index contributed by atoms with van der Waals surface area (Å²) < 4.78 is 1.72. The third-order valence-corrected chi connectivity index (χ3v) is 3.50. The SMILES string of the molecule is C[C@H]1CC(=O)Nc2ccccc2N1C(=O)Cn1ccnc1. The summed E-state index contributed by atoms with van der Waals surface area (Å²) in [4.78, 5) is 30.1. The Kier molecular flexibility index (Phi) is 3.43. The molecule has 21 heavy (non-hydrogen) atoms. The minimum Gasteiger partial charge on any atom is -0.328 e. The van der Waals surface area contributed by atoms with Gasteiger partial charge in [-0.15, -0.1) is 0 Å². The standard InChI is InChI=1S/C15H16N4O2/c1-11-8-14(20)17-12-4-2-3-5-13(12)19(11)15(21)9-18-7-6-16-10-18/h2-7,10-11H,8-9H2,1H3,(H,17,20)/t11-/m0/s1. The highest BCUT2D eigenvalue weighted by Crippen LogP contribution is 2.31. The number of carbonyl (C=O) groups excluding carboxylic acids is 2. The van der Waals surface area contributed by atoms with Gasteiger partial charge in [-0.3, -0.25) is 9.59 Å². The predicted octanol–water partition coefficient (Wildman–Crippen LogP) is 1.65. The van der Waals surface area contributed by atoms with E-state index in [1.54, 1.807) is 28.2 Å². The van der Waals surface area contributed by atoms with Crippen molar-refractivity contribution in [1.82, 2.24) is 9.55 Å². The number of fused-ring (bicyclic) bond motifs is 1. The van der Waals surface area contributed by atoms with Crippen molar-refractivity contribution >= 4 is 23.2 Å². The number of hydrogen-bond acceptors (Lipinski definition) is 3. The zero-order valence-electron chi connectivity index (χ0n) is 11.7. The lowest BCUT2D eigenvalue weighted by Crippen LogP contribution is -2.40. The summed E-state index contributed by atoms with van der Waals surface area (Å²) in [5, 5.41) is 2.84. The molecule has 0 bridgehead atoms. The highest BCUT2D eigenvalue weighted by atomic mass is 16.2. The molecule has 0 saturated carbocycles. The van der Waals surface area contributed by atoms with Crippen molar-refractivity contribution in [3.8, 4) is 0 Å². The van der Waals surface area contributed by atoms with Crippen molar-refractivity contribution in [2.75, 3.05) is 10.2 Å². The van der Waals surface area contributed by atoms with Gasteiger partial charge in [-0.05, 0) is 19.1 Å². The number of rotatable bonds is 2. The van der Waals surface area contributed by atoms with Crippen LogP contribution in [0.3, 0.4) is 0 Å². The van der Waals surface area contributed by atoms with E-state index in [9.17, 15) is 9.59 Å². The maximum atomic E-state index is 12.6. The van der Waals surface area contributed by atoms with Crippen LogP contribution in [0.15, 0.2) is 43.0 Å². The molecule has 0 fully saturated rings. The summed E-state index contributed by atoms with van der Waals surface area (Å²) in [5.41, 5.74) is 1.41. The molecule has 1 N–H and O–H groups in total. The van der Waals surface area contributed by atoms with Crippen LogP contribution in [0.2, 0.25) is 0 Å². The van der Waals surface area contributed by atoms with Crippen LogP contribution in [0.5, 0.6) is 0 Å². The first-order valence-electron chi connectivity index (χ1n) is 6.82. The molecule has 1 aliphatic rings. The number of imidazole rings is 1. The molecule has 108 valence electrons. The third kappa shape index (κ3) is 2.65. The fourth-order valence-electron chi connectivity index (χ4n) is 2.58. The second-order valence-corrected chi connectivity index (χ2v) is 5.12. The Bertz CT molecular complexity index is 666. The molecule has 0 radical (unpaired) electrons. The zero-order chi connectivity index (χ0) is 14.8. The molecule has 3 rings (SSSR count). The van der Waals surface area contributed by atoms with E-state index >= 15 is 0 Å². The average Bonchev–Trinajstić information content (AvgIpc) is 2.89. The predicted molar refractivity (Wildman–Crippen MR) is 78.9 cm³/mol. The summed E-state index contributed by atoms with van der Waals surface area (Å²) in [6.45, 7) is 2.08. The molecule has 0 spiro atoms. The molecule has 1 aromatic carbocycles. The van der Waals surface area contributed by atoms with E-state index in [1.807, 2.05) is 31.2 Å². The summed E-state index contributed by atoms with van der Waals surface area (Å²) in [6.07, 6.45) is 5.27. The number of nitrogens with one attached hydrogen (secondary N) is 1. The largest absolute Gasteiger partial charge is 0.328 e. The van der Waals surface area contributed by atoms with Crippen LogP contribution in [0.4, 0.5) is 11.4 Å². The molecule has 6 nitrogen and oxygen atoms in total. The molecule has 2 heterocycles. The minimum atomic E-state index is -0.190. The average molecular weight is 284 g/mol. The van der Waals surface area contributed by atoms with Crippen LogP contribution in [-0.4, -0.2) is 27.4 Å². The molecular weight excluding hydrogens is 268 g/mol. The molecule has 2 aromatic rings. The Labute approximate surface area is 122 Å². The minimum absolute atomic E-state index is 0.0653. The number of anilines is 2. The third-order valence-electron chi connectivity index (χ3n) is 3.50. The molecule has 1 atom stereocenters. The molecule has 1 aliphatic heterocycles. The molecule has 2 amide bonds. The molecule has 0 aliphatic carbocycles. The number of benzene rings is 1. The number of hydrogen-bond donors (Lipinski definition) is 1. The fraction of sp³-hybridized carbons (Fsp3) is 0.267. The maximum absolute atomic E-state index is 12.6. The zero-order valence-corrected chi connectivity index (χ0v) is 11.7. The second kappa shape index (κ2) is 5.40. The van der Waals surface area contributed by atoms with Crippen LogP contribution < -0.4 is 10.2 Å². The van der Waals surface area contributed by atoms with Gasteiger partial charge in [0.25, 0.3) is 0 Å². The summed E-state index contributed by atoms with van der Waals surface area (Å²) in [5.74, 6) is -0.141. The van der Waals surface area contributed by atoms with Crippen LogP contribution in [0.1, 0.15) is 13.3 Å². The number of carbonyl (C=O) groups is 2. The van der Waals surface area contributed by atoms with E-state index in [2.05, 4.69) is 10.3 Å². The Hall–Kier alpha value is -2.63. The van der Waals surface area contributed by atoms with E-state index in [-0.39, 0.29) is 30.8 Å². The van der Waals surface area contributed by atoms with Gasteiger partial charge in [0.05, 0.1) is 17.7 Å². The topological polar surface area (TPSA) is 67.2 Å². The summed E-state index contributed by atoms with van der Waals surface area (Å²) in [6, 6.07) is 7.17. The first kappa shape index (κ1) is 13.4. The maximum Gasteiger partial charge on any atom is 0.247 e. The van der Waals surface area contributed by atoms with Gasteiger partial charge < -0.3 is 14.8 Å². The lowest BCUT2D eigenvalue weighted by atomic mass is 10.1. The van der Waals surface area contributed by atoms with Gasteiger partial charge in [0.1, 0.15) is 6.54 Å². The van der Waals surface area contributed by atoms with E-state index in [4.69, 9.17) is 0 Å². The van der Waals surface area contributed by atoms with Crippen molar-refractivity contribution in [3.63, 3.8) is 0 Å². The van der Waals surface area contributed by atoms with Gasteiger partial charge in [0.15, 0.2) is 0 Å². The van der Waals surface area contributed by atoms with Gasteiger partial charge in [-0.2, -0.15) is 0 Å². The van der Waals surface area contributed by atoms with Crippen LogP contribution in [0, 0.1) is 0 Å². The summed E-state index contributed by atoms with van der Waals surface area (Å²) in [7, 11) is 0. The fourth-order valence-corrected chi connectivity index (χ4v) is 2.58. The first-order chi connectivity index (χ1) is 10.1. The molecule has 6 heteroatoms. The van der Waals surface area contributed by atoms with Gasteiger partial charge in [-0.25, -0.2) is 4.98 Å². The Balaban J connectivity index is 1.95. The van der Waals surface area contributed by atoms with Gasteiger partial charge in [0.2, 0.25) is 11.8 Å². The molecular formula is C15H16N4O2. The van der Waals surface area contributed by atoms with E-state index < -0.39 is 0 Å². The first-order valence-corrected chi connectivity index (χ1v) is 6.82. The second-order valence-electron chi connectivity index (χ2n) is 5.12. The van der Waals surface area contributed by atoms with Crippen LogP contribution in [0.25, 0.3) is 0 Å². The van der Waals surface area contributed by atoms with Crippen molar-refractivity contribution in [3.05, 3.63) is 43.0 Å². The Morgan fingerprint density at radius 1 is 1.43 bits per heavy atom. The Morgan fingerprint density at radius 3 is 3.00 bits per heavy atom. The Morgan fingerprint density at radius 2 is 2.24 bits per heavy atom. The van der Waals surface area contributed by atoms with E-state index in [0.29, 0.717) is 5.69 Å². The van der Waals surface area contributed by atoms with Crippen molar-refractivity contribution in [1.29, 1.82) is 0 Å². The molecule has 0 unspecified atom stereocenters. The van der Waals surface area contributed by atoms with Gasteiger partial charge >= 0.3 is 0 Å². The van der Waals surface area contributed by atoms with Crippen molar-refractivity contribution in [2.24, 2.45) is 0 Å². The molecule has 0 saturated heterocycles. The molecule has 1 aromatic heterocycles. The monoisotopic (exact) mass is 284 g/mol. The van der Waals surface area contributed by atoms with Crippen LogP contribution in [-0.2, 0) is 16.1 Å². The lowest BCUT2D eigenvalue weighted by molar-refractivity contribution is -0.119. The normalized spacial score (nSPS) is 17.9. The van der Waals surface area contributed by atoms with E-state index in [0.717, 1.165) is 5.69 Å². The van der Waals surface area contributed by atoms with Gasteiger partial charge in [-0.1, -0.05) is 12.1 Å². The van der Waals surface area contributed by atoms with Gasteiger partial charge in [0, 0.05) is 24.9 Å². The summed E-state index contributed by atoms with van der Waals surface area (Å²) >= 11 is 0. The quantitative estimate of drug-likeness (QED) is 0.911. The number of amides is 2. The van der Waals surface area contributed by atoms with Crippen LogP contribution >= 0.6 is 0 Å². The van der Waals surface area contributed by atoms with Crippen molar-refractivity contribution < 1.29 is 9.59 Å². The number of para-hydroxylation sites is 2. The number of nitrogens with zero attached hydrogens (tertiary/aromatic N) is 3. The lowest BCUT2D eigenvalue weighted by Gasteiger charge is -2.28. The van der Waals surface area contributed by atoms with Crippen molar-refractivity contribution in [2.45, 2.75) is 25.9 Å².